The van der Waals surface area contributed by atoms with Crippen molar-refractivity contribution in [3.63, 3.8) is 0 Å². The highest BCUT2D eigenvalue weighted by Gasteiger charge is 2.65. The summed E-state index contributed by atoms with van der Waals surface area (Å²) >= 11 is 0. The summed E-state index contributed by atoms with van der Waals surface area (Å²) in [6, 6.07) is 10.4. The van der Waals surface area contributed by atoms with E-state index in [2.05, 4.69) is 38.2 Å². The zero-order chi connectivity index (χ0) is 13.0. The van der Waals surface area contributed by atoms with Gasteiger partial charge in [-0.25, -0.2) is 0 Å². The molecule has 0 aliphatic heterocycles. The van der Waals surface area contributed by atoms with Gasteiger partial charge in [0.25, 0.3) is 0 Å². The number of anilines is 1. The summed E-state index contributed by atoms with van der Waals surface area (Å²) < 4.78 is 0. The molecule has 0 radical (unpaired) electrons. The van der Waals surface area contributed by atoms with E-state index in [-0.39, 0.29) is 23.0 Å². The summed E-state index contributed by atoms with van der Waals surface area (Å²) in [5.74, 6) is 0.567. The van der Waals surface area contributed by atoms with Gasteiger partial charge in [0.05, 0.1) is 12.1 Å². The number of benzene rings is 1. The Hall–Kier alpha value is -1.02. The van der Waals surface area contributed by atoms with Crippen LogP contribution < -0.4 is 5.32 Å². The topological polar surface area (TPSA) is 32.3 Å². The Balaban J connectivity index is 1.88. The minimum atomic E-state index is -0.244. The average Bonchev–Trinajstić information content (AvgIpc) is 2.65. The van der Waals surface area contributed by atoms with Crippen molar-refractivity contribution < 1.29 is 5.11 Å². The molecule has 0 amide bonds. The van der Waals surface area contributed by atoms with Gasteiger partial charge in [-0.05, 0) is 36.3 Å². The zero-order valence-electron chi connectivity index (χ0n) is 11.5. The number of nitrogens with one attached hydrogen (secondary N) is 1. The Morgan fingerprint density at radius 2 is 1.83 bits per heavy atom. The molecule has 4 unspecified atom stereocenters. The summed E-state index contributed by atoms with van der Waals surface area (Å²) in [7, 11) is 0. The molecular formula is C16H23NO. The lowest BCUT2D eigenvalue weighted by molar-refractivity contribution is 0.00848. The summed E-state index contributed by atoms with van der Waals surface area (Å²) in [5.41, 5.74) is 1.40. The second-order valence-electron chi connectivity index (χ2n) is 6.77. The molecular weight excluding hydrogens is 222 g/mol. The first kappa shape index (κ1) is 12.0. The fraction of sp³-hybridized carbons (Fsp3) is 0.625. The van der Waals surface area contributed by atoms with E-state index < -0.39 is 0 Å². The first-order valence-electron chi connectivity index (χ1n) is 6.96. The van der Waals surface area contributed by atoms with Gasteiger partial charge in [-0.1, -0.05) is 39.0 Å². The molecule has 1 aromatic rings. The second kappa shape index (κ2) is 3.74. The first-order valence-corrected chi connectivity index (χ1v) is 6.96. The van der Waals surface area contributed by atoms with Crippen LogP contribution in [-0.4, -0.2) is 17.3 Å². The van der Waals surface area contributed by atoms with Gasteiger partial charge in [0.2, 0.25) is 0 Å². The number of aliphatic hydroxyl groups is 1. The Morgan fingerprint density at radius 1 is 1.17 bits per heavy atom. The minimum Gasteiger partial charge on any atom is -0.390 e. The molecule has 1 aromatic carbocycles. The van der Waals surface area contributed by atoms with Crippen LogP contribution in [0.4, 0.5) is 5.69 Å². The van der Waals surface area contributed by atoms with Crippen molar-refractivity contribution in [2.45, 2.75) is 45.8 Å². The lowest BCUT2D eigenvalue weighted by Crippen LogP contribution is -2.43. The van der Waals surface area contributed by atoms with Crippen LogP contribution in [0.1, 0.15) is 33.6 Å². The fourth-order valence-electron chi connectivity index (χ4n) is 4.24. The molecule has 0 heterocycles. The molecule has 2 heteroatoms. The average molecular weight is 245 g/mol. The SMILES string of the molecule is CC1(C)C2CCC1(C)C(O)C2Nc1ccccc1. The van der Waals surface area contributed by atoms with Crippen molar-refractivity contribution in [3.05, 3.63) is 30.3 Å². The first-order chi connectivity index (χ1) is 8.47. The van der Waals surface area contributed by atoms with E-state index in [0.29, 0.717) is 5.92 Å². The van der Waals surface area contributed by atoms with Crippen molar-refractivity contribution in [2.75, 3.05) is 5.32 Å². The van der Waals surface area contributed by atoms with Crippen LogP contribution in [0.25, 0.3) is 0 Å². The Bertz CT molecular complexity index is 442. The van der Waals surface area contributed by atoms with Gasteiger partial charge in [0.1, 0.15) is 0 Å². The number of rotatable bonds is 2. The number of fused-ring (bicyclic) bond motifs is 2. The van der Waals surface area contributed by atoms with Crippen LogP contribution in [0.2, 0.25) is 0 Å². The molecule has 0 aromatic heterocycles. The lowest BCUT2D eigenvalue weighted by Gasteiger charge is -2.37. The van der Waals surface area contributed by atoms with Crippen molar-refractivity contribution >= 4 is 5.69 Å². The lowest BCUT2D eigenvalue weighted by atomic mass is 9.70. The monoisotopic (exact) mass is 245 g/mol. The van der Waals surface area contributed by atoms with Crippen molar-refractivity contribution in [1.29, 1.82) is 0 Å². The van der Waals surface area contributed by atoms with E-state index in [1.165, 1.54) is 6.42 Å². The third-order valence-corrected chi connectivity index (χ3v) is 5.91. The van der Waals surface area contributed by atoms with Crippen molar-refractivity contribution in [3.8, 4) is 0 Å². The molecule has 2 aliphatic rings. The van der Waals surface area contributed by atoms with Gasteiger partial charge < -0.3 is 10.4 Å². The maximum absolute atomic E-state index is 10.7. The van der Waals surface area contributed by atoms with Gasteiger partial charge in [-0.2, -0.15) is 0 Å². The van der Waals surface area contributed by atoms with Crippen molar-refractivity contribution in [2.24, 2.45) is 16.7 Å². The standard InChI is InChI=1S/C16H23NO/c1-15(2)12-9-10-16(15,3)14(18)13(12)17-11-7-5-4-6-8-11/h4-8,12-14,17-18H,9-10H2,1-3H3. The fourth-order valence-corrected chi connectivity index (χ4v) is 4.24. The molecule has 2 aliphatic carbocycles. The predicted molar refractivity (Wildman–Crippen MR) is 74.5 cm³/mol. The Morgan fingerprint density at radius 3 is 2.39 bits per heavy atom. The zero-order valence-corrected chi connectivity index (χ0v) is 11.5. The predicted octanol–water partition coefficient (Wildman–Crippen LogP) is 3.28. The molecule has 3 rings (SSSR count). The van der Waals surface area contributed by atoms with E-state index in [1.807, 2.05) is 18.2 Å². The molecule has 18 heavy (non-hydrogen) atoms. The Labute approximate surface area is 109 Å². The van der Waals surface area contributed by atoms with Crippen molar-refractivity contribution in [1.82, 2.24) is 0 Å². The molecule has 2 saturated carbocycles. The molecule has 2 bridgehead atoms. The minimum absolute atomic E-state index is 0.0596. The largest absolute Gasteiger partial charge is 0.390 e. The number of hydrogen-bond acceptors (Lipinski definition) is 2. The highest BCUT2D eigenvalue weighted by atomic mass is 16.3. The number of aliphatic hydroxyl groups excluding tert-OH is 1. The summed E-state index contributed by atoms with van der Waals surface area (Å²) in [6.07, 6.45) is 2.13. The van der Waals surface area contributed by atoms with E-state index in [9.17, 15) is 5.11 Å². The third-order valence-electron chi connectivity index (χ3n) is 5.91. The van der Waals surface area contributed by atoms with E-state index in [0.717, 1.165) is 12.1 Å². The maximum Gasteiger partial charge on any atom is 0.0802 e. The van der Waals surface area contributed by atoms with E-state index in [4.69, 9.17) is 0 Å². The normalized spacial score (nSPS) is 41.0. The van der Waals surface area contributed by atoms with Gasteiger partial charge in [0.15, 0.2) is 0 Å². The van der Waals surface area contributed by atoms with Gasteiger partial charge in [-0.3, -0.25) is 0 Å². The summed E-state index contributed by atoms with van der Waals surface area (Å²) in [4.78, 5) is 0. The Kier molecular flexibility index (Phi) is 2.50. The molecule has 2 fully saturated rings. The van der Waals surface area contributed by atoms with Crippen LogP contribution in [0.15, 0.2) is 30.3 Å². The third kappa shape index (κ3) is 1.38. The second-order valence-corrected chi connectivity index (χ2v) is 6.77. The quantitative estimate of drug-likeness (QED) is 0.838. The van der Waals surface area contributed by atoms with Gasteiger partial charge in [0, 0.05) is 11.1 Å². The molecule has 0 spiro atoms. The molecule has 98 valence electrons. The van der Waals surface area contributed by atoms with Gasteiger partial charge >= 0.3 is 0 Å². The van der Waals surface area contributed by atoms with Crippen LogP contribution in [0.3, 0.4) is 0 Å². The smallest absolute Gasteiger partial charge is 0.0802 e. The van der Waals surface area contributed by atoms with E-state index in [1.54, 1.807) is 0 Å². The summed E-state index contributed by atoms with van der Waals surface area (Å²) in [5, 5.41) is 14.2. The highest BCUT2D eigenvalue weighted by Crippen LogP contribution is 2.65. The summed E-state index contributed by atoms with van der Waals surface area (Å²) in [6.45, 7) is 6.89. The maximum atomic E-state index is 10.7. The molecule has 2 N–H and O–H groups in total. The molecule has 0 saturated heterocycles. The molecule has 4 atom stereocenters. The number of para-hydroxylation sites is 1. The van der Waals surface area contributed by atoms with Crippen LogP contribution in [-0.2, 0) is 0 Å². The number of hydrogen-bond donors (Lipinski definition) is 2. The van der Waals surface area contributed by atoms with Crippen LogP contribution >= 0.6 is 0 Å². The van der Waals surface area contributed by atoms with Gasteiger partial charge in [-0.15, -0.1) is 0 Å². The molecule has 2 nitrogen and oxygen atoms in total. The van der Waals surface area contributed by atoms with E-state index >= 15 is 0 Å². The highest BCUT2D eigenvalue weighted by molar-refractivity contribution is 5.45. The van der Waals surface area contributed by atoms with Crippen LogP contribution in [0.5, 0.6) is 0 Å². The van der Waals surface area contributed by atoms with Crippen LogP contribution in [0, 0.1) is 16.7 Å².